The van der Waals surface area contributed by atoms with Crippen LogP contribution in [0.25, 0.3) is 11.3 Å². The van der Waals surface area contributed by atoms with Crippen LogP contribution in [-0.4, -0.2) is 16.1 Å². The number of hydrogen-bond acceptors (Lipinski definition) is 2. The molecule has 110 valence electrons. The van der Waals surface area contributed by atoms with Gasteiger partial charge in [-0.15, -0.1) is 0 Å². The molecule has 0 spiro atoms. The molecule has 0 aliphatic carbocycles. The average Bonchev–Trinajstić information content (AvgIpc) is 2.45. The molecule has 0 aliphatic heterocycles. The zero-order chi connectivity index (χ0) is 15.6. The van der Waals surface area contributed by atoms with Crippen molar-refractivity contribution in [2.45, 2.75) is 19.5 Å². The van der Waals surface area contributed by atoms with Crippen LogP contribution in [0.4, 0.5) is 13.2 Å². The quantitative estimate of drug-likeness (QED) is 0.930. The lowest BCUT2D eigenvalue weighted by Gasteiger charge is -2.11. The van der Waals surface area contributed by atoms with Crippen molar-refractivity contribution in [3.8, 4) is 11.3 Å². The molecule has 0 unspecified atom stereocenters. The van der Waals surface area contributed by atoms with E-state index in [9.17, 15) is 23.1 Å². The lowest BCUT2D eigenvalue weighted by atomic mass is 9.99. The molecular weight excluding hydrogens is 283 g/mol. The van der Waals surface area contributed by atoms with Gasteiger partial charge in [0, 0.05) is 11.8 Å². The minimum Gasteiger partial charge on any atom is -0.478 e. The third-order valence-corrected chi connectivity index (χ3v) is 3.12. The number of carbonyl (C=O) groups is 1. The molecule has 0 aliphatic rings. The van der Waals surface area contributed by atoms with Crippen LogP contribution >= 0.6 is 0 Å². The van der Waals surface area contributed by atoms with Gasteiger partial charge >= 0.3 is 12.1 Å². The highest BCUT2D eigenvalue weighted by Gasteiger charge is 2.30. The number of carboxylic acid groups (broad SMARTS) is 1. The maximum atomic E-state index is 12.5. The van der Waals surface area contributed by atoms with Gasteiger partial charge in [0.2, 0.25) is 0 Å². The molecular formula is C15H12F3NO2. The number of aromatic nitrogens is 1. The summed E-state index contributed by atoms with van der Waals surface area (Å²) in [6.07, 6.45) is -2.47. The van der Waals surface area contributed by atoms with Crippen LogP contribution in [0.1, 0.15) is 28.4 Å². The number of nitrogens with zero attached hydrogens (tertiary/aromatic N) is 1. The van der Waals surface area contributed by atoms with E-state index < -0.39 is 17.7 Å². The first-order chi connectivity index (χ1) is 9.84. The van der Waals surface area contributed by atoms with E-state index in [1.807, 2.05) is 0 Å². The SMILES string of the molecule is CCc1ccnc(-c2ccc(C(F)(F)F)cc2)c1C(=O)O. The van der Waals surface area contributed by atoms with Crippen LogP contribution < -0.4 is 0 Å². The lowest BCUT2D eigenvalue weighted by Crippen LogP contribution is -2.07. The van der Waals surface area contributed by atoms with Crippen molar-refractivity contribution in [1.82, 2.24) is 4.98 Å². The molecule has 0 atom stereocenters. The summed E-state index contributed by atoms with van der Waals surface area (Å²) in [5.74, 6) is -1.14. The molecule has 1 aromatic heterocycles. The average molecular weight is 295 g/mol. The number of hydrogen-bond donors (Lipinski definition) is 1. The van der Waals surface area contributed by atoms with Gasteiger partial charge in [-0.05, 0) is 30.2 Å². The van der Waals surface area contributed by atoms with Crippen LogP contribution in [-0.2, 0) is 12.6 Å². The second-order valence-electron chi connectivity index (χ2n) is 4.43. The number of aromatic carboxylic acids is 1. The van der Waals surface area contributed by atoms with Crippen molar-refractivity contribution in [2.75, 3.05) is 0 Å². The van der Waals surface area contributed by atoms with E-state index >= 15 is 0 Å². The number of carboxylic acids is 1. The van der Waals surface area contributed by atoms with Gasteiger partial charge in [0.05, 0.1) is 16.8 Å². The Morgan fingerprint density at radius 1 is 1.19 bits per heavy atom. The monoisotopic (exact) mass is 295 g/mol. The van der Waals surface area contributed by atoms with Gasteiger partial charge in [-0.25, -0.2) is 4.79 Å². The Balaban J connectivity index is 2.54. The fourth-order valence-corrected chi connectivity index (χ4v) is 2.07. The summed E-state index contributed by atoms with van der Waals surface area (Å²) >= 11 is 0. The molecule has 2 rings (SSSR count). The molecule has 0 saturated carbocycles. The molecule has 0 radical (unpaired) electrons. The number of benzene rings is 1. The first kappa shape index (κ1) is 15.0. The maximum Gasteiger partial charge on any atom is 0.416 e. The molecule has 0 amide bonds. The highest BCUT2D eigenvalue weighted by Crippen LogP contribution is 2.31. The van der Waals surface area contributed by atoms with Gasteiger partial charge in [-0.1, -0.05) is 19.1 Å². The summed E-state index contributed by atoms with van der Waals surface area (Å²) in [5, 5.41) is 9.30. The number of halogens is 3. The second-order valence-corrected chi connectivity index (χ2v) is 4.43. The van der Waals surface area contributed by atoms with Gasteiger partial charge in [0.25, 0.3) is 0 Å². The summed E-state index contributed by atoms with van der Waals surface area (Å²) in [7, 11) is 0. The van der Waals surface area contributed by atoms with E-state index in [1.54, 1.807) is 13.0 Å². The zero-order valence-electron chi connectivity index (χ0n) is 11.1. The molecule has 2 aromatic rings. The summed E-state index contributed by atoms with van der Waals surface area (Å²) < 4.78 is 37.6. The van der Waals surface area contributed by atoms with E-state index in [0.717, 1.165) is 12.1 Å². The Bertz CT molecular complexity index is 664. The lowest BCUT2D eigenvalue weighted by molar-refractivity contribution is -0.137. The van der Waals surface area contributed by atoms with E-state index in [2.05, 4.69) is 4.98 Å². The molecule has 21 heavy (non-hydrogen) atoms. The van der Waals surface area contributed by atoms with Gasteiger partial charge in [0.1, 0.15) is 0 Å². The van der Waals surface area contributed by atoms with Gasteiger partial charge in [0.15, 0.2) is 0 Å². The predicted octanol–water partition coefficient (Wildman–Crippen LogP) is 4.03. The van der Waals surface area contributed by atoms with Crippen molar-refractivity contribution >= 4 is 5.97 Å². The van der Waals surface area contributed by atoms with Crippen LogP contribution in [0.15, 0.2) is 36.5 Å². The Morgan fingerprint density at radius 2 is 1.81 bits per heavy atom. The van der Waals surface area contributed by atoms with Crippen LogP contribution in [0.2, 0.25) is 0 Å². The van der Waals surface area contributed by atoms with Crippen molar-refractivity contribution in [3.63, 3.8) is 0 Å². The topological polar surface area (TPSA) is 50.2 Å². The highest BCUT2D eigenvalue weighted by molar-refractivity contribution is 5.96. The number of alkyl halides is 3. The summed E-state index contributed by atoms with van der Waals surface area (Å²) in [4.78, 5) is 15.4. The molecule has 3 nitrogen and oxygen atoms in total. The van der Waals surface area contributed by atoms with Gasteiger partial charge in [-0.3, -0.25) is 4.98 Å². The predicted molar refractivity (Wildman–Crippen MR) is 71.0 cm³/mol. The van der Waals surface area contributed by atoms with Gasteiger partial charge in [-0.2, -0.15) is 13.2 Å². The Hall–Kier alpha value is -2.37. The molecule has 0 bridgehead atoms. The standard InChI is InChI=1S/C15H12F3NO2/c1-2-9-7-8-19-13(12(9)14(20)21)10-3-5-11(6-4-10)15(16,17)18/h3-8H,2H2,1H3,(H,20,21). The summed E-state index contributed by atoms with van der Waals surface area (Å²) in [6.45, 7) is 1.80. The minimum atomic E-state index is -4.42. The van der Waals surface area contributed by atoms with Gasteiger partial charge < -0.3 is 5.11 Å². The molecule has 0 saturated heterocycles. The first-order valence-corrected chi connectivity index (χ1v) is 6.23. The second kappa shape index (κ2) is 5.55. The van der Waals surface area contributed by atoms with Crippen LogP contribution in [0, 0.1) is 0 Å². The van der Waals surface area contributed by atoms with E-state index in [1.165, 1.54) is 18.3 Å². The molecule has 1 aromatic carbocycles. The Morgan fingerprint density at radius 3 is 2.29 bits per heavy atom. The van der Waals surface area contributed by atoms with Crippen molar-refractivity contribution in [1.29, 1.82) is 0 Å². The Kier molecular flexibility index (Phi) is 3.97. The fourth-order valence-electron chi connectivity index (χ4n) is 2.07. The molecule has 1 heterocycles. The largest absolute Gasteiger partial charge is 0.478 e. The van der Waals surface area contributed by atoms with Crippen molar-refractivity contribution < 1.29 is 23.1 Å². The first-order valence-electron chi connectivity index (χ1n) is 6.23. The van der Waals surface area contributed by atoms with Crippen LogP contribution in [0.5, 0.6) is 0 Å². The van der Waals surface area contributed by atoms with E-state index in [0.29, 0.717) is 17.5 Å². The van der Waals surface area contributed by atoms with Crippen LogP contribution in [0.3, 0.4) is 0 Å². The summed E-state index contributed by atoms with van der Waals surface area (Å²) in [5.41, 5.74) is 0.355. The third-order valence-electron chi connectivity index (χ3n) is 3.12. The van der Waals surface area contributed by atoms with Crippen molar-refractivity contribution in [2.24, 2.45) is 0 Å². The maximum absolute atomic E-state index is 12.5. The zero-order valence-corrected chi connectivity index (χ0v) is 11.1. The number of pyridine rings is 1. The minimum absolute atomic E-state index is 0.0276. The highest BCUT2D eigenvalue weighted by atomic mass is 19.4. The molecule has 0 fully saturated rings. The number of aryl methyl sites for hydroxylation is 1. The summed E-state index contributed by atoms with van der Waals surface area (Å²) in [6, 6.07) is 5.90. The molecule has 6 heteroatoms. The third kappa shape index (κ3) is 3.04. The fraction of sp³-hybridized carbons (Fsp3) is 0.200. The normalized spacial score (nSPS) is 11.4. The van der Waals surface area contributed by atoms with E-state index in [4.69, 9.17) is 0 Å². The van der Waals surface area contributed by atoms with Crippen molar-refractivity contribution in [3.05, 3.63) is 53.2 Å². The number of rotatable bonds is 3. The van der Waals surface area contributed by atoms with E-state index in [-0.39, 0.29) is 11.3 Å². The molecule has 1 N–H and O–H groups in total. The Labute approximate surface area is 119 Å². The smallest absolute Gasteiger partial charge is 0.416 e.